The highest BCUT2D eigenvalue weighted by Crippen LogP contribution is 2.19. The molecule has 4 nitrogen and oxygen atoms in total. The van der Waals surface area contributed by atoms with E-state index in [0.717, 1.165) is 43.2 Å². The van der Waals surface area contributed by atoms with Crippen molar-refractivity contribution in [2.45, 2.75) is 19.8 Å². The van der Waals surface area contributed by atoms with E-state index < -0.39 is 0 Å². The van der Waals surface area contributed by atoms with Crippen LogP contribution in [-0.2, 0) is 0 Å². The molecule has 2 rings (SSSR count). The van der Waals surface area contributed by atoms with Crippen molar-refractivity contribution in [1.82, 2.24) is 9.88 Å². The molecule has 18 heavy (non-hydrogen) atoms. The highest BCUT2D eigenvalue weighted by Gasteiger charge is 2.21. The number of anilines is 1. The van der Waals surface area contributed by atoms with Crippen molar-refractivity contribution in [3.05, 3.63) is 23.9 Å². The maximum atomic E-state index is 12.4. The van der Waals surface area contributed by atoms with Gasteiger partial charge >= 0.3 is 0 Å². The molecule has 0 unspecified atom stereocenters. The van der Waals surface area contributed by atoms with Crippen molar-refractivity contribution in [1.29, 1.82) is 0 Å². The van der Waals surface area contributed by atoms with E-state index in [-0.39, 0.29) is 5.91 Å². The van der Waals surface area contributed by atoms with Crippen LogP contribution in [0.25, 0.3) is 0 Å². The van der Waals surface area contributed by atoms with Crippen LogP contribution in [0.15, 0.2) is 18.3 Å². The molecule has 0 saturated carbocycles. The van der Waals surface area contributed by atoms with Crippen molar-refractivity contribution in [3.63, 3.8) is 0 Å². The smallest absolute Gasteiger partial charge is 0.254 e. The molecule has 0 spiro atoms. The van der Waals surface area contributed by atoms with E-state index in [1.165, 1.54) is 0 Å². The van der Waals surface area contributed by atoms with E-state index >= 15 is 0 Å². The van der Waals surface area contributed by atoms with Gasteiger partial charge in [0.05, 0.1) is 0 Å². The van der Waals surface area contributed by atoms with Crippen LogP contribution in [0.1, 0.15) is 30.1 Å². The standard InChI is InChI=1S/C14H21N3O/c1-11-5-8-17(9-6-11)14(18)12-4-7-15-13(10-12)16(2)3/h4,7,10-11H,5-6,8-9H2,1-3H3. The van der Waals surface area contributed by atoms with Crippen LogP contribution < -0.4 is 4.90 Å². The van der Waals surface area contributed by atoms with E-state index in [0.29, 0.717) is 0 Å². The summed E-state index contributed by atoms with van der Waals surface area (Å²) in [4.78, 5) is 20.5. The van der Waals surface area contributed by atoms with E-state index in [2.05, 4.69) is 11.9 Å². The number of nitrogens with zero attached hydrogens (tertiary/aromatic N) is 3. The van der Waals surface area contributed by atoms with Crippen LogP contribution in [-0.4, -0.2) is 43.0 Å². The molecule has 0 bridgehead atoms. The molecule has 1 aliphatic heterocycles. The van der Waals surface area contributed by atoms with E-state index in [9.17, 15) is 4.79 Å². The Kier molecular flexibility index (Phi) is 3.84. The number of aromatic nitrogens is 1. The summed E-state index contributed by atoms with van der Waals surface area (Å²) in [6.45, 7) is 4.00. The van der Waals surface area contributed by atoms with Crippen molar-refractivity contribution in [2.75, 3.05) is 32.1 Å². The molecule has 1 aromatic rings. The molecule has 4 heteroatoms. The van der Waals surface area contributed by atoms with Gasteiger partial charge in [0.15, 0.2) is 0 Å². The number of hydrogen-bond donors (Lipinski definition) is 0. The normalized spacial score (nSPS) is 16.7. The van der Waals surface area contributed by atoms with Crippen molar-refractivity contribution in [3.8, 4) is 0 Å². The molecule has 1 aromatic heterocycles. The predicted octanol–water partition coefficient (Wildman–Crippen LogP) is 2.02. The van der Waals surface area contributed by atoms with Crippen molar-refractivity contribution >= 4 is 11.7 Å². The fourth-order valence-electron chi connectivity index (χ4n) is 2.19. The maximum Gasteiger partial charge on any atom is 0.254 e. The zero-order valence-corrected chi connectivity index (χ0v) is 11.4. The summed E-state index contributed by atoms with van der Waals surface area (Å²) in [5.41, 5.74) is 0.739. The minimum absolute atomic E-state index is 0.132. The zero-order chi connectivity index (χ0) is 13.1. The van der Waals surface area contributed by atoms with Gasteiger partial charge in [-0.25, -0.2) is 4.98 Å². The molecule has 1 aliphatic rings. The summed E-state index contributed by atoms with van der Waals surface area (Å²) < 4.78 is 0. The lowest BCUT2D eigenvalue weighted by atomic mass is 9.99. The number of amides is 1. The molecule has 0 atom stereocenters. The van der Waals surface area contributed by atoms with Crippen LogP contribution >= 0.6 is 0 Å². The topological polar surface area (TPSA) is 36.4 Å². The Hall–Kier alpha value is -1.58. The molecule has 98 valence electrons. The molecule has 1 amide bonds. The first kappa shape index (κ1) is 12.9. The van der Waals surface area contributed by atoms with Crippen LogP contribution in [0, 0.1) is 5.92 Å². The number of rotatable bonds is 2. The molecule has 2 heterocycles. The SMILES string of the molecule is CC1CCN(C(=O)c2ccnc(N(C)C)c2)CC1. The summed E-state index contributed by atoms with van der Waals surface area (Å²) in [7, 11) is 3.86. The first-order valence-electron chi connectivity index (χ1n) is 6.50. The second-order valence-corrected chi connectivity index (χ2v) is 5.27. The van der Waals surface area contributed by atoms with Gasteiger partial charge in [-0.2, -0.15) is 0 Å². The average molecular weight is 247 g/mol. The summed E-state index contributed by atoms with van der Waals surface area (Å²) in [5.74, 6) is 1.70. The minimum atomic E-state index is 0.132. The average Bonchev–Trinajstić information content (AvgIpc) is 2.39. The molecular formula is C14H21N3O. The van der Waals surface area contributed by atoms with Crippen molar-refractivity contribution < 1.29 is 4.79 Å². The first-order chi connectivity index (χ1) is 8.58. The summed E-state index contributed by atoms with van der Waals surface area (Å²) in [6.07, 6.45) is 3.92. The number of carbonyl (C=O) groups is 1. The Balaban J connectivity index is 2.11. The monoisotopic (exact) mass is 247 g/mol. The van der Waals surface area contributed by atoms with Crippen LogP contribution in [0.5, 0.6) is 0 Å². The second-order valence-electron chi connectivity index (χ2n) is 5.27. The van der Waals surface area contributed by atoms with Gasteiger partial charge in [0.25, 0.3) is 5.91 Å². The van der Waals surface area contributed by atoms with Gasteiger partial charge in [0.1, 0.15) is 5.82 Å². The van der Waals surface area contributed by atoms with Gasteiger partial charge in [-0.1, -0.05) is 6.92 Å². The van der Waals surface area contributed by atoms with Gasteiger partial charge in [0.2, 0.25) is 0 Å². The molecule has 1 saturated heterocycles. The number of carbonyl (C=O) groups excluding carboxylic acids is 1. The van der Waals surface area contributed by atoms with Crippen LogP contribution in [0.3, 0.4) is 0 Å². The lowest BCUT2D eigenvalue weighted by molar-refractivity contribution is 0.0697. The third-order valence-electron chi connectivity index (χ3n) is 3.52. The van der Waals surface area contributed by atoms with Gasteiger partial charge in [-0.15, -0.1) is 0 Å². The fourth-order valence-corrected chi connectivity index (χ4v) is 2.19. The maximum absolute atomic E-state index is 12.4. The van der Waals surface area contributed by atoms with E-state index in [1.807, 2.05) is 30.0 Å². The predicted molar refractivity (Wildman–Crippen MR) is 72.9 cm³/mol. The number of likely N-dealkylation sites (tertiary alicyclic amines) is 1. The van der Waals surface area contributed by atoms with Gasteiger partial charge < -0.3 is 9.80 Å². The molecule has 0 N–H and O–H groups in total. The van der Waals surface area contributed by atoms with E-state index in [4.69, 9.17) is 0 Å². The highest BCUT2D eigenvalue weighted by atomic mass is 16.2. The highest BCUT2D eigenvalue weighted by molar-refractivity contribution is 5.94. The number of pyridine rings is 1. The number of piperidine rings is 1. The number of hydrogen-bond acceptors (Lipinski definition) is 3. The van der Waals surface area contributed by atoms with Gasteiger partial charge in [-0.05, 0) is 30.9 Å². The Bertz CT molecular complexity index is 423. The van der Waals surface area contributed by atoms with Crippen LogP contribution in [0.2, 0.25) is 0 Å². The second kappa shape index (κ2) is 5.38. The Morgan fingerprint density at radius 1 is 1.39 bits per heavy atom. The zero-order valence-electron chi connectivity index (χ0n) is 11.4. The lowest BCUT2D eigenvalue weighted by Crippen LogP contribution is -2.38. The molecule has 0 radical (unpaired) electrons. The fraction of sp³-hybridized carbons (Fsp3) is 0.571. The Morgan fingerprint density at radius 2 is 2.06 bits per heavy atom. The molecule has 1 fully saturated rings. The van der Waals surface area contributed by atoms with Crippen molar-refractivity contribution in [2.24, 2.45) is 5.92 Å². The summed E-state index contributed by atoms with van der Waals surface area (Å²) in [6, 6.07) is 3.66. The summed E-state index contributed by atoms with van der Waals surface area (Å²) in [5, 5.41) is 0. The molecule has 0 aromatic carbocycles. The summed E-state index contributed by atoms with van der Waals surface area (Å²) >= 11 is 0. The Morgan fingerprint density at radius 3 is 2.67 bits per heavy atom. The van der Waals surface area contributed by atoms with Gasteiger partial charge in [0, 0.05) is 38.9 Å². The third kappa shape index (κ3) is 2.81. The largest absolute Gasteiger partial charge is 0.363 e. The lowest BCUT2D eigenvalue weighted by Gasteiger charge is -2.30. The molecular weight excluding hydrogens is 226 g/mol. The van der Waals surface area contributed by atoms with E-state index in [1.54, 1.807) is 12.3 Å². The van der Waals surface area contributed by atoms with Crippen LogP contribution in [0.4, 0.5) is 5.82 Å². The quantitative estimate of drug-likeness (QED) is 0.802. The van der Waals surface area contributed by atoms with Gasteiger partial charge in [-0.3, -0.25) is 4.79 Å². The third-order valence-corrected chi connectivity index (χ3v) is 3.52. The minimum Gasteiger partial charge on any atom is -0.363 e. The first-order valence-corrected chi connectivity index (χ1v) is 6.50. The Labute approximate surface area is 109 Å². The molecule has 0 aliphatic carbocycles.